The maximum absolute atomic E-state index is 12.2. The summed E-state index contributed by atoms with van der Waals surface area (Å²) in [6.07, 6.45) is 0.702. The number of hydrogen-bond acceptors (Lipinski definition) is 4. The van der Waals surface area contributed by atoms with Crippen LogP contribution in [0.5, 0.6) is 0 Å². The van der Waals surface area contributed by atoms with Crippen LogP contribution in [0.3, 0.4) is 0 Å². The van der Waals surface area contributed by atoms with E-state index in [2.05, 4.69) is 0 Å². The Morgan fingerprint density at radius 2 is 1.86 bits per heavy atom. The van der Waals surface area contributed by atoms with Gasteiger partial charge in [0.2, 0.25) is 5.91 Å². The molecule has 0 N–H and O–H groups in total. The van der Waals surface area contributed by atoms with Gasteiger partial charge in [0.05, 0.1) is 12.2 Å². The topological polar surface area (TPSA) is 46.6 Å². The third kappa shape index (κ3) is 4.14. The molecule has 2 unspecified atom stereocenters. The highest BCUT2D eigenvalue weighted by atomic mass is 32.1. The molecule has 1 aliphatic heterocycles. The Morgan fingerprint density at radius 3 is 2.38 bits per heavy atom. The van der Waals surface area contributed by atoms with Crippen LogP contribution in [-0.4, -0.2) is 41.9 Å². The van der Waals surface area contributed by atoms with Crippen molar-refractivity contribution in [1.82, 2.24) is 4.90 Å². The number of aryl methyl sites for hydroxylation is 2. The van der Waals surface area contributed by atoms with Crippen LogP contribution in [0.1, 0.15) is 46.8 Å². The van der Waals surface area contributed by atoms with Gasteiger partial charge in [-0.1, -0.05) is 0 Å². The third-order valence-electron chi connectivity index (χ3n) is 3.68. The quantitative estimate of drug-likeness (QED) is 0.803. The summed E-state index contributed by atoms with van der Waals surface area (Å²) in [6.45, 7) is 9.13. The van der Waals surface area contributed by atoms with Crippen LogP contribution in [0.2, 0.25) is 0 Å². The number of rotatable bonds is 4. The Balaban J connectivity index is 1.89. The average molecular weight is 309 g/mol. The lowest BCUT2D eigenvalue weighted by atomic mass is 10.1. The predicted molar refractivity (Wildman–Crippen MR) is 83.9 cm³/mol. The zero-order valence-corrected chi connectivity index (χ0v) is 14.0. The lowest BCUT2D eigenvalue weighted by molar-refractivity contribution is -0.143. The molecule has 0 radical (unpaired) electrons. The molecule has 0 aromatic carbocycles. The van der Waals surface area contributed by atoms with E-state index in [0.29, 0.717) is 13.1 Å². The van der Waals surface area contributed by atoms with E-state index in [0.717, 1.165) is 15.3 Å². The van der Waals surface area contributed by atoms with Crippen molar-refractivity contribution >= 4 is 23.0 Å². The van der Waals surface area contributed by atoms with Crippen LogP contribution in [0.15, 0.2) is 6.07 Å². The summed E-state index contributed by atoms with van der Waals surface area (Å²) in [6, 6.07) is 1.92. The van der Waals surface area contributed by atoms with Gasteiger partial charge in [0.25, 0.3) is 0 Å². The molecule has 0 saturated carbocycles. The van der Waals surface area contributed by atoms with E-state index in [1.807, 2.05) is 38.7 Å². The highest BCUT2D eigenvalue weighted by Gasteiger charge is 2.26. The number of hydrogen-bond donors (Lipinski definition) is 0. The maximum Gasteiger partial charge on any atom is 0.223 e. The van der Waals surface area contributed by atoms with Gasteiger partial charge in [-0.3, -0.25) is 9.59 Å². The summed E-state index contributed by atoms with van der Waals surface area (Å²) >= 11 is 1.63. The second-order valence-electron chi connectivity index (χ2n) is 5.81. The normalized spacial score (nSPS) is 22.4. The van der Waals surface area contributed by atoms with Crippen LogP contribution < -0.4 is 0 Å². The number of Topliss-reactive ketones (excluding diaryl/α,β-unsaturated/α-hetero) is 1. The molecule has 2 rings (SSSR count). The Bertz CT molecular complexity index is 528. The van der Waals surface area contributed by atoms with Crippen molar-refractivity contribution in [3.8, 4) is 0 Å². The van der Waals surface area contributed by atoms with Crippen LogP contribution in [0.4, 0.5) is 0 Å². The van der Waals surface area contributed by atoms with Crippen LogP contribution >= 0.6 is 11.3 Å². The van der Waals surface area contributed by atoms with Gasteiger partial charge in [0.15, 0.2) is 5.78 Å². The number of nitrogens with zero attached hydrogens (tertiary/aromatic N) is 1. The second-order valence-corrected chi connectivity index (χ2v) is 7.27. The molecule has 1 aromatic heterocycles. The average Bonchev–Trinajstić information content (AvgIpc) is 2.73. The highest BCUT2D eigenvalue weighted by Crippen LogP contribution is 2.22. The van der Waals surface area contributed by atoms with E-state index < -0.39 is 0 Å². The number of ketones is 1. The Kier molecular flexibility index (Phi) is 5.17. The molecule has 1 aliphatic rings. The molecular weight excluding hydrogens is 286 g/mol. The number of amides is 1. The molecular formula is C16H23NO3S. The molecule has 1 saturated heterocycles. The number of thiophene rings is 1. The van der Waals surface area contributed by atoms with Gasteiger partial charge >= 0.3 is 0 Å². The van der Waals surface area contributed by atoms with Crippen LogP contribution in [-0.2, 0) is 9.53 Å². The summed E-state index contributed by atoms with van der Waals surface area (Å²) in [5.41, 5.74) is 0.772. The number of morpholine rings is 1. The second kappa shape index (κ2) is 6.71. The van der Waals surface area contributed by atoms with Crippen molar-refractivity contribution in [1.29, 1.82) is 0 Å². The molecule has 116 valence electrons. The monoisotopic (exact) mass is 309 g/mol. The lowest BCUT2D eigenvalue weighted by Crippen LogP contribution is -2.48. The van der Waals surface area contributed by atoms with E-state index in [1.54, 1.807) is 11.3 Å². The van der Waals surface area contributed by atoms with Gasteiger partial charge < -0.3 is 9.64 Å². The van der Waals surface area contributed by atoms with Gasteiger partial charge in [-0.2, -0.15) is 0 Å². The smallest absolute Gasteiger partial charge is 0.223 e. The Hall–Kier alpha value is -1.20. The zero-order chi connectivity index (χ0) is 15.6. The Morgan fingerprint density at radius 1 is 1.24 bits per heavy atom. The summed E-state index contributed by atoms with van der Waals surface area (Å²) in [5.74, 6) is 0.120. The molecule has 1 amide bonds. The standard InChI is InChI=1S/C16H23NO3S/c1-10-8-17(9-11(2)20-10)16(19)6-5-15(18)14-7-12(3)21-13(14)4/h7,10-11H,5-6,8-9H2,1-4H3. The third-order valence-corrected chi connectivity index (χ3v) is 4.65. The summed E-state index contributed by atoms with van der Waals surface area (Å²) in [7, 11) is 0. The van der Waals surface area contributed by atoms with Gasteiger partial charge in [-0.05, 0) is 33.8 Å². The van der Waals surface area contributed by atoms with E-state index in [-0.39, 0.29) is 36.7 Å². The first-order valence-electron chi connectivity index (χ1n) is 7.40. The van der Waals surface area contributed by atoms with Gasteiger partial charge in [0, 0.05) is 41.2 Å². The lowest BCUT2D eigenvalue weighted by Gasteiger charge is -2.35. The Labute approximate surface area is 130 Å². The van der Waals surface area contributed by atoms with Crippen molar-refractivity contribution in [3.05, 3.63) is 21.4 Å². The summed E-state index contributed by atoms with van der Waals surface area (Å²) in [5, 5.41) is 0. The van der Waals surface area contributed by atoms with Crippen molar-refractivity contribution in [2.24, 2.45) is 0 Å². The molecule has 2 atom stereocenters. The molecule has 1 aromatic rings. The zero-order valence-electron chi connectivity index (χ0n) is 13.1. The fourth-order valence-corrected chi connectivity index (χ4v) is 3.74. The SMILES string of the molecule is Cc1cc(C(=O)CCC(=O)N2CC(C)OC(C)C2)c(C)s1. The summed E-state index contributed by atoms with van der Waals surface area (Å²) in [4.78, 5) is 28.4. The van der Waals surface area contributed by atoms with E-state index >= 15 is 0 Å². The minimum atomic E-state index is 0.0509. The van der Waals surface area contributed by atoms with E-state index in [1.165, 1.54) is 0 Å². The molecule has 5 heteroatoms. The first-order valence-corrected chi connectivity index (χ1v) is 8.22. The van der Waals surface area contributed by atoms with E-state index in [4.69, 9.17) is 4.74 Å². The molecule has 0 aliphatic carbocycles. The van der Waals surface area contributed by atoms with Crippen molar-refractivity contribution in [2.75, 3.05) is 13.1 Å². The molecule has 2 heterocycles. The van der Waals surface area contributed by atoms with Gasteiger partial charge in [0.1, 0.15) is 0 Å². The minimum absolute atomic E-state index is 0.0509. The van der Waals surface area contributed by atoms with E-state index in [9.17, 15) is 9.59 Å². The fourth-order valence-electron chi connectivity index (χ4n) is 2.80. The van der Waals surface area contributed by atoms with Gasteiger partial charge in [-0.15, -0.1) is 11.3 Å². The number of ether oxygens (including phenoxy) is 1. The minimum Gasteiger partial charge on any atom is -0.372 e. The fraction of sp³-hybridized carbons (Fsp3) is 0.625. The predicted octanol–water partition coefficient (Wildman–Crippen LogP) is 2.96. The van der Waals surface area contributed by atoms with Crippen LogP contribution in [0.25, 0.3) is 0 Å². The van der Waals surface area contributed by atoms with Crippen molar-refractivity contribution < 1.29 is 14.3 Å². The van der Waals surface area contributed by atoms with Crippen molar-refractivity contribution in [3.63, 3.8) is 0 Å². The first kappa shape index (κ1) is 16.2. The summed E-state index contributed by atoms with van der Waals surface area (Å²) < 4.78 is 5.62. The number of carbonyl (C=O) groups excluding carboxylic acids is 2. The highest BCUT2D eigenvalue weighted by molar-refractivity contribution is 7.12. The van der Waals surface area contributed by atoms with Gasteiger partial charge in [-0.25, -0.2) is 0 Å². The molecule has 0 bridgehead atoms. The largest absolute Gasteiger partial charge is 0.372 e. The van der Waals surface area contributed by atoms with Crippen molar-refractivity contribution in [2.45, 2.75) is 52.7 Å². The molecule has 4 nitrogen and oxygen atoms in total. The first-order chi connectivity index (χ1) is 9.86. The number of carbonyl (C=O) groups is 2. The molecule has 21 heavy (non-hydrogen) atoms. The molecule has 0 spiro atoms. The molecule has 1 fully saturated rings. The van der Waals surface area contributed by atoms with Crippen LogP contribution in [0, 0.1) is 13.8 Å². The maximum atomic E-state index is 12.2.